The number of hydrogen-bond acceptors (Lipinski definition) is 1. The Morgan fingerprint density at radius 2 is 1.80 bits per heavy atom. The minimum absolute atomic E-state index is 0.477. The van der Waals surface area contributed by atoms with Gasteiger partial charge in [0.05, 0.1) is 15.7 Å². The molecule has 3 rings (SSSR count). The molecule has 0 bridgehead atoms. The molecule has 2 nitrogen and oxygen atoms in total. The van der Waals surface area contributed by atoms with Crippen LogP contribution in [0.3, 0.4) is 0 Å². The zero-order valence-electron chi connectivity index (χ0n) is 14.6. The average molecular weight is 371 g/mol. The van der Waals surface area contributed by atoms with Crippen LogP contribution in [0.4, 0.5) is 5.69 Å². The monoisotopic (exact) mass is 370 g/mol. The quantitative estimate of drug-likeness (QED) is 0.453. The summed E-state index contributed by atoms with van der Waals surface area (Å²) in [7, 11) is 0. The van der Waals surface area contributed by atoms with Crippen LogP contribution in [0.25, 0.3) is 5.69 Å². The van der Waals surface area contributed by atoms with Gasteiger partial charge >= 0.3 is 0 Å². The van der Waals surface area contributed by atoms with Crippen LogP contribution in [-0.2, 0) is 6.42 Å². The van der Waals surface area contributed by atoms with Crippen LogP contribution in [0, 0.1) is 13.8 Å². The molecule has 3 aromatic rings. The molecule has 2 aromatic carbocycles. The fraction of sp³-hybridized carbons (Fsp3) is 0.190. The van der Waals surface area contributed by atoms with Gasteiger partial charge in [-0.3, -0.25) is 4.99 Å². The first-order valence-electron chi connectivity index (χ1n) is 8.28. The maximum absolute atomic E-state index is 6.22. The van der Waals surface area contributed by atoms with E-state index in [2.05, 4.69) is 60.7 Å². The summed E-state index contributed by atoms with van der Waals surface area (Å²) in [5.74, 6) is 0. The van der Waals surface area contributed by atoms with Gasteiger partial charge in [0.1, 0.15) is 0 Å². The maximum Gasteiger partial charge on any atom is 0.0848 e. The van der Waals surface area contributed by atoms with Crippen LogP contribution in [0.5, 0.6) is 0 Å². The van der Waals surface area contributed by atoms with E-state index in [-0.39, 0.29) is 0 Å². The fourth-order valence-corrected chi connectivity index (χ4v) is 3.39. The third kappa shape index (κ3) is 3.51. The summed E-state index contributed by atoms with van der Waals surface area (Å²) in [5.41, 5.74) is 6.62. The predicted molar refractivity (Wildman–Crippen MR) is 108 cm³/mol. The van der Waals surface area contributed by atoms with Crippen LogP contribution in [0.1, 0.15) is 29.4 Å². The van der Waals surface area contributed by atoms with Crippen molar-refractivity contribution in [3.63, 3.8) is 0 Å². The van der Waals surface area contributed by atoms with E-state index >= 15 is 0 Å². The minimum atomic E-state index is 0.477. The molecule has 25 heavy (non-hydrogen) atoms. The number of aliphatic imine (C=N–C) groups is 1. The Morgan fingerprint density at radius 1 is 1.04 bits per heavy atom. The molecule has 128 valence electrons. The molecule has 0 amide bonds. The first kappa shape index (κ1) is 17.8. The number of para-hydroxylation sites is 1. The van der Waals surface area contributed by atoms with Crippen LogP contribution in [-0.4, -0.2) is 10.8 Å². The molecule has 0 aliphatic heterocycles. The van der Waals surface area contributed by atoms with Crippen molar-refractivity contribution in [1.82, 2.24) is 4.57 Å². The largest absolute Gasteiger partial charge is 0.318 e. The molecule has 0 saturated heterocycles. The van der Waals surface area contributed by atoms with Gasteiger partial charge in [0.25, 0.3) is 0 Å². The summed E-state index contributed by atoms with van der Waals surface area (Å²) in [6.07, 6.45) is 2.85. The number of hydrogen-bond donors (Lipinski definition) is 0. The molecular weight excluding hydrogens is 351 g/mol. The summed E-state index contributed by atoms with van der Waals surface area (Å²) in [6, 6.07) is 16.1. The predicted octanol–water partition coefficient (Wildman–Crippen LogP) is 6.71. The lowest BCUT2D eigenvalue weighted by atomic mass is 10.1. The number of benzene rings is 2. The molecule has 0 fully saturated rings. The summed E-state index contributed by atoms with van der Waals surface area (Å²) < 4.78 is 2.28. The van der Waals surface area contributed by atoms with E-state index in [1.54, 1.807) is 6.07 Å². The molecule has 1 heterocycles. The second-order valence-electron chi connectivity index (χ2n) is 5.98. The highest BCUT2D eigenvalue weighted by Crippen LogP contribution is 2.32. The highest BCUT2D eigenvalue weighted by atomic mass is 35.5. The van der Waals surface area contributed by atoms with Crippen LogP contribution in [0.2, 0.25) is 10.0 Å². The minimum Gasteiger partial charge on any atom is -0.318 e. The van der Waals surface area contributed by atoms with Gasteiger partial charge < -0.3 is 4.57 Å². The number of halogens is 2. The lowest BCUT2D eigenvalue weighted by molar-refractivity contribution is 0.937. The van der Waals surface area contributed by atoms with Gasteiger partial charge in [-0.2, -0.15) is 0 Å². The molecule has 0 atom stereocenters. The normalized spacial score (nSPS) is 11.4. The topological polar surface area (TPSA) is 17.3 Å². The highest BCUT2D eigenvalue weighted by molar-refractivity contribution is 6.43. The van der Waals surface area contributed by atoms with Crippen molar-refractivity contribution < 1.29 is 0 Å². The molecule has 0 radical (unpaired) electrons. The van der Waals surface area contributed by atoms with Crippen molar-refractivity contribution in [1.29, 1.82) is 0 Å². The second kappa shape index (κ2) is 7.47. The zero-order valence-corrected chi connectivity index (χ0v) is 16.1. The van der Waals surface area contributed by atoms with Crippen molar-refractivity contribution in [2.24, 2.45) is 4.99 Å². The SMILES string of the molecule is CCc1ccccc1-n1c(C)cc(C=Nc2cccc(Cl)c2Cl)c1C. The van der Waals surface area contributed by atoms with E-state index in [1.807, 2.05) is 18.3 Å². The van der Waals surface area contributed by atoms with Crippen molar-refractivity contribution in [3.8, 4) is 5.69 Å². The van der Waals surface area contributed by atoms with Gasteiger partial charge in [0.15, 0.2) is 0 Å². The van der Waals surface area contributed by atoms with E-state index < -0.39 is 0 Å². The Bertz CT molecular complexity index is 939. The molecule has 0 aliphatic rings. The summed E-state index contributed by atoms with van der Waals surface area (Å²) in [5, 5.41) is 0.990. The molecule has 0 spiro atoms. The number of aryl methyl sites for hydroxylation is 2. The van der Waals surface area contributed by atoms with Crippen molar-refractivity contribution in [2.45, 2.75) is 27.2 Å². The number of nitrogens with zero attached hydrogens (tertiary/aromatic N) is 2. The average Bonchev–Trinajstić information content (AvgIpc) is 2.90. The number of aromatic nitrogens is 1. The van der Waals surface area contributed by atoms with E-state index in [0.29, 0.717) is 15.7 Å². The molecule has 0 saturated carbocycles. The van der Waals surface area contributed by atoms with Crippen LogP contribution < -0.4 is 0 Å². The third-order valence-electron chi connectivity index (χ3n) is 4.36. The Balaban J connectivity index is 2.03. The Kier molecular flexibility index (Phi) is 5.31. The van der Waals surface area contributed by atoms with E-state index in [9.17, 15) is 0 Å². The molecule has 4 heteroatoms. The lowest BCUT2D eigenvalue weighted by Crippen LogP contribution is -2.03. The number of rotatable bonds is 4. The molecule has 1 aromatic heterocycles. The summed E-state index contributed by atoms with van der Waals surface area (Å²) >= 11 is 12.3. The van der Waals surface area contributed by atoms with E-state index in [0.717, 1.165) is 17.7 Å². The van der Waals surface area contributed by atoms with Gasteiger partial charge in [-0.05, 0) is 50.1 Å². The van der Waals surface area contributed by atoms with E-state index in [4.69, 9.17) is 23.2 Å². The van der Waals surface area contributed by atoms with E-state index in [1.165, 1.54) is 16.9 Å². The van der Waals surface area contributed by atoms with Crippen LogP contribution in [0.15, 0.2) is 53.5 Å². The van der Waals surface area contributed by atoms with Gasteiger partial charge in [-0.25, -0.2) is 0 Å². The van der Waals surface area contributed by atoms with Gasteiger partial charge in [-0.15, -0.1) is 0 Å². The summed E-state index contributed by atoms with van der Waals surface area (Å²) in [6.45, 7) is 6.40. The van der Waals surface area contributed by atoms with Crippen LogP contribution >= 0.6 is 23.2 Å². The highest BCUT2D eigenvalue weighted by Gasteiger charge is 2.12. The Hall–Kier alpha value is -2.03. The second-order valence-corrected chi connectivity index (χ2v) is 6.76. The maximum atomic E-state index is 6.22. The molecular formula is C21H20Cl2N2. The third-order valence-corrected chi connectivity index (χ3v) is 5.17. The first-order valence-corrected chi connectivity index (χ1v) is 9.03. The standard InChI is InChI=1S/C21H20Cl2N2/c1-4-16-8-5-6-11-20(16)25-14(2)12-17(15(25)3)13-24-19-10-7-9-18(22)21(19)23/h5-13H,4H2,1-3H3. The zero-order chi connectivity index (χ0) is 18.0. The smallest absolute Gasteiger partial charge is 0.0848 e. The van der Waals surface area contributed by atoms with Gasteiger partial charge in [-0.1, -0.05) is 54.4 Å². The van der Waals surface area contributed by atoms with Crippen molar-refractivity contribution >= 4 is 35.1 Å². The molecule has 0 unspecified atom stereocenters. The first-order chi connectivity index (χ1) is 12.0. The van der Waals surface area contributed by atoms with Gasteiger partial charge in [0.2, 0.25) is 0 Å². The van der Waals surface area contributed by atoms with Gasteiger partial charge in [0, 0.05) is 28.9 Å². The molecule has 0 aliphatic carbocycles. The van der Waals surface area contributed by atoms with Crippen molar-refractivity contribution in [2.75, 3.05) is 0 Å². The fourth-order valence-electron chi connectivity index (χ4n) is 3.05. The molecule has 0 N–H and O–H groups in total. The van der Waals surface area contributed by atoms with Crippen molar-refractivity contribution in [3.05, 3.63) is 81.1 Å². The summed E-state index contributed by atoms with van der Waals surface area (Å²) in [4.78, 5) is 4.53. The Labute approximate surface area is 158 Å². The lowest BCUT2D eigenvalue weighted by Gasteiger charge is -2.13. The Morgan fingerprint density at radius 3 is 2.56 bits per heavy atom.